The van der Waals surface area contributed by atoms with E-state index in [-0.39, 0.29) is 17.9 Å². The Morgan fingerprint density at radius 2 is 1.82 bits per heavy atom. The van der Waals surface area contributed by atoms with Gasteiger partial charge in [0.05, 0.1) is 17.9 Å². The molecule has 1 amide bonds. The average molecular weight is 457 g/mol. The lowest BCUT2D eigenvalue weighted by Crippen LogP contribution is -2.43. The van der Waals surface area contributed by atoms with Crippen molar-refractivity contribution >= 4 is 11.6 Å². The van der Waals surface area contributed by atoms with Gasteiger partial charge in [0.2, 0.25) is 5.91 Å². The first-order chi connectivity index (χ1) is 16.7. The molecule has 0 radical (unpaired) electrons. The van der Waals surface area contributed by atoms with E-state index in [1.165, 1.54) is 0 Å². The first-order valence-electron chi connectivity index (χ1n) is 12.7. The largest absolute Gasteiger partial charge is 0.456 e. The van der Waals surface area contributed by atoms with Crippen molar-refractivity contribution in [1.82, 2.24) is 15.1 Å². The van der Waals surface area contributed by atoms with Crippen LogP contribution in [0.15, 0.2) is 54.9 Å². The van der Waals surface area contributed by atoms with Crippen LogP contribution in [0.2, 0.25) is 0 Å². The number of nitrogens with one attached hydrogen (secondary N) is 1. The number of fused-ring (bicyclic) bond motifs is 1. The fourth-order valence-corrected chi connectivity index (χ4v) is 5.37. The van der Waals surface area contributed by atoms with Gasteiger partial charge in [-0.25, -0.2) is 0 Å². The third-order valence-corrected chi connectivity index (χ3v) is 7.47. The maximum Gasteiger partial charge on any atom is 0.230 e. The fraction of sp³-hybridized carbons (Fsp3) is 0.429. The van der Waals surface area contributed by atoms with Crippen LogP contribution in [0.3, 0.4) is 0 Å². The minimum Gasteiger partial charge on any atom is -0.456 e. The lowest BCUT2D eigenvalue weighted by atomic mass is 9.92. The van der Waals surface area contributed by atoms with E-state index in [1.54, 1.807) is 0 Å². The monoisotopic (exact) mass is 456 g/mol. The van der Waals surface area contributed by atoms with E-state index in [0.29, 0.717) is 6.04 Å². The molecule has 1 unspecified atom stereocenters. The highest BCUT2D eigenvalue weighted by atomic mass is 16.5. The van der Waals surface area contributed by atoms with Crippen molar-refractivity contribution in [3.05, 3.63) is 60.4 Å². The average Bonchev–Trinajstić information content (AvgIpc) is 3.61. The Morgan fingerprint density at radius 3 is 2.59 bits per heavy atom. The summed E-state index contributed by atoms with van der Waals surface area (Å²) in [4.78, 5) is 15.2. The summed E-state index contributed by atoms with van der Waals surface area (Å²) >= 11 is 0. The topological polar surface area (TPSA) is 59.4 Å². The summed E-state index contributed by atoms with van der Waals surface area (Å²) in [7, 11) is 0. The van der Waals surface area contributed by atoms with Crippen LogP contribution < -0.4 is 15.0 Å². The third-order valence-electron chi connectivity index (χ3n) is 7.47. The van der Waals surface area contributed by atoms with Crippen LogP contribution in [0.4, 0.5) is 5.69 Å². The molecule has 3 aromatic rings. The van der Waals surface area contributed by atoms with Crippen LogP contribution in [-0.4, -0.2) is 34.8 Å². The second-order valence-corrected chi connectivity index (χ2v) is 9.92. The van der Waals surface area contributed by atoms with Crippen molar-refractivity contribution < 1.29 is 9.53 Å². The summed E-state index contributed by atoms with van der Waals surface area (Å²) in [5.74, 6) is 2.12. The van der Waals surface area contributed by atoms with Crippen LogP contribution in [0, 0.1) is 5.92 Å². The summed E-state index contributed by atoms with van der Waals surface area (Å²) in [6.07, 6.45) is 10.2. The molecule has 1 saturated heterocycles. The number of carbonyl (C=O) groups is 1. The molecule has 6 nitrogen and oxygen atoms in total. The fourth-order valence-electron chi connectivity index (χ4n) is 5.37. The second-order valence-electron chi connectivity index (χ2n) is 9.92. The molecular formula is C28H32N4O2. The van der Waals surface area contributed by atoms with Gasteiger partial charge in [0.1, 0.15) is 11.5 Å². The number of aromatic nitrogens is 2. The van der Waals surface area contributed by atoms with Gasteiger partial charge in [-0.15, -0.1) is 0 Å². The minimum atomic E-state index is 0.190. The second kappa shape index (κ2) is 8.91. The van der Waals surface area contributed by atoms with Crippen molar-refractivity contribution in [3.63, 3.8) is 0 Å². The zero-order chi connectivity index (χ0) is 23.1. The smallest absolute Gasteiger partial charge is 0.230 e. The molecule has 2 fully saturated rings. The Morgan fingerprint density at radius 1 is 1.03 bits per heavy atom. The molecular weight excluding hydrogens is 424 g/mol. The number of nitrogens with zero attached hydrogens (tertiary/aromatic N) is 3. The number of hydrogen-bond donors (Lipinski definition) is 1. The van der Waals surface area contributed by atoms with Crippen molar-refractivity contribution in [2.24, 2.45) is 5.92 Å². The van der Waals surface area contributed by atoms with Gasteiger partial charge >= 0.3 is 0 Å². The maximum absolute atomic E-state index is 13.2. The van der Waals surface area contributed by atoms with E-state index >= 15 is 0 Å². The summed E-state index contributed by atoms with van der Waals surface area (Å²) in [5, 5.41) is 8.16. The number of amides is 1. The standard InChI is InChI=1S/C28H32N4O2/c1-19-7-10-25-26(32(19)28(33)20-8-9-20)12-11-24(27(25)34-23-5-3-2-4-6-23)21-17-30-31(18-21)22-13-15-29-16-14-22/h2-6,11-12,17-20,22,29H,7-10,13-16H2,1H3. The van der Waals surface area contributed by atoms with Gasteiger partial charge in [-0.3, -0.25) is 9.48 Å². The number of anilines is 1. The number of ether oxygens (including phenoxy) is 1. The van der Waals surface area contributed by atoms with Crippen LogP contribution in [0.25, 0.3) is 11.1 Å². The molecule has 1 atom stereocenters. The van der Waals surface area contributed by atoms with E-state index in [2.05, 4.69) is 35.3 Å². The number of hydrogen-bond acceptors (Lipinski definition) is 4. The molecule has 2 aromatic carbocycles. The molecule has 176 valence electrons. The number of carbonyl (C=O) groups excluding carboxylic acids is 1. The van der Waals surface area contributed by atoms with E-state index in [1.807, 2.05) is 41.4 Å². The first kappa shape index (κ1) is 21.4. The Labute approximate surface area is 200 Å². The Kier molecular flexibility index (Phi) is 5.61. The van der Waals surface area contributed by atoms with E-state index in [0.717, 1.165) is 85.5 Å². The molecule has 2 aliphatic heterocycles. The molecule has 6 rings (SSSR count). The van der Waals surface area contributed by atoms with Crippen LogP contribution in [0.1, 0.15) is 50.6 Å². The molecule has 0 bridgehead atoms. The van der Waals surface area contributed by atoms with Gasteiger partial charge in [0, 0.05) is 34.8 Å². The van der Waals surface area contributed by atoms with Crippen molar-refractivity contribution in [2.75, 3.05) is 18.0 Å². The number of benzene rings is 2. The van der Waals surface area contributed by atoms with Crippen molar-refractivity contribution in [3.8, 4) is 22.6 Å². The molecule has 3 heterocycles. The molecule has 1 aromatic heterocycles. The molecule has 1 aliphatic carbocycles. The highest BCUT2D eigenvalue weighted by Crippen LogP contribution is 2.46. The number of para-hydroxylation sites is 1. The highest BCUT2D eigenvalue weighted by molar-refractivity contribution is 5.99. The van der Waals surface area contributed by atoms with Gasteiger partial charge < -0.3 is 15.0 Å². The molecule has 6 heteroatoms. The number of piperidine rings is 1. The van der Waals surface area contributed by atoms with Gasteiger partial charge in [0.25, 0.3) is 0 Å². The first-order valence-corrected chi connectivity index (χ1v) is 12.7. The molecule has 3 aliphatic rings. The SMILES string of the molecule is CC1CCc2c(ccc(-c3cnn(C4CCNCC4)c3)c2Oc2ccccc2)N1C(=O)C1CC1. The van der Waals surface area contributed by atoms with Gasteiger partial charge in [-0.2, -0.15) is 5.10 Å². The maximum atomic E-state index is 13.2. The third kappa shape index (κ3) is 4.00. The Hall–Kier alpha value is -3.12. The number of rotatable bonds is 5. The lowest BCUT2D eigenvalue weighted by molar-refractivity contribution is -0.120. The van der Waals surface area contributed by atoms with Crippen LogP contribution >= 0.6 is 0 Å². The van der Waals surface area contributed by atoms with Gasteiger partial charge in [-0.05, 0) is 82.8 Å². The van der Waals surface area contributed by atoms with E-state index in [9.17, 15) is 4.79 Å². The zero-order valence-electron chi connectivity index (χ0n) is 19.7. The lowest BCUT2D eigenvalue weighted by Gasteiger charge is -2.36. The minimum absolute atomic E-state index is 0.190. The van der Waals surface area contributed by atoms with Gasteiger partial charge in [-0.1, -0.05) is 18.2 Å². The van der Waals surface area contributed by atoms with Crippen LogP contribution in [0.5, 0.6) is 11.5 Å². The molecule has 34 heavy (non-hydrogen) atoms. The van der Waals surface area contributed by atoms with E-state index < -0.39 is 0 Å². The van der Waals surface area contributed by atoms with Crippen molar-refractivity contribution in [2.45, 2.75) is 57.5 Å². The highest BCUT2D eigenvalue weighted by Gasteiger charge is 2.39. The Balaban J connectivity index is 1.43. The summed E-state index contributed by atoms with van der Waals surface area (Å²) in [6, 6.07) is 14.8. The molecule has 1 N–H and O–H groups in total. The summed E-state index contributed by atoms with van der Waals surface area (Å²) < 4.78 is 8.69. The van der Waals surface area contributed by atoms with Crippen LogP contribution in [-0.2, 0) is 11.2 Å². The van der Waals surface area contributed by atoms with Crippen molar-refractivity contribution in [1.29, 1.82) is 0 Å². The summed E-state index contributed by atoms with van der Waals surface area (Å²) in [6.45, 7) is 4.23. The quantitative estimate of drug-likeness (QED) is 0.563. The van der Waals surface area contributed by atoms with Gasteiger partial charge in [0.15, 0.2) is 0 Å². The zero-order valence-corrected chi connectivity index (χ0v) is 19.7. The molecule has 0 spiro atoms. The normalized spacial score (nSPS) is 20.7. The van der Waals surface area contributed by atoms with E-state index in [4.69, 9.17) is 9.84 Å². The Bertz CT molecular complexity index is 1180. The predicted octanol–water partition coefficient (Wildman–Crippen LogP) is 5.34. The predicted molar refractivity (Wildman–Crippen MR) is 133 cm³/mol. The molecule has 1 saturated carbocycles. The summed E-state index contributed by atoms with van der Waals surface area (Å²) in [5.41, 5.74) is 4.24.